The van der Waals surface area contributed by atoms with E-state index in [0.29, 0.717) is 11.3 Å². The molecule has 20 heavy (non-hydrogen) atoms. The first kappa shape index (κ1) is 11.0. The second-order valence-corrected chi connectivity index (χ2v) is 4.53. The van der Waals surface area contributed by atoms with Crippen LogP contribution in [0.2, 0.25) is 0 Å². The van der Waals surface area contributed by atoms with Crippen LogP contribution in [-0.2, 0) is 0 Å². The van der Waals surface area contributed by atoms with Gasteiger partial charge in [0, 0.05) is 52.7 Å². The van der Waals surface area contributed by atoms with E-state index in [2.05, 4.69) is 19.9 Å². The van der Waals surface area contributed by atoms with Gasteiger partial charge >= 0.3 is 0 Å². The molecule has 0 radical (unpaired) electrons. The molecule has 96 valence electrons. The van der Waals surface area contributed by atoms with Crippen molar-refractivity contribution in [2.24, 2.45) is 0 Å². The molecule has 4 aromatic heterocycles. The molecule has 0 aromatic carbocycles. The summed E-state index contributed by atoms with van der Waals surface area (Å²) in [7, 11) is 0. The lowest BCUT2D eigenvalue weighted by molar-refractivity contribution is 0.584. The van der Waals surface area contributed by atoms with E-state index in [-0.39, 0.29) is 0 Å². The molecule has 0 unspecified atom stereocenters. The summed E-state index contributed by atoms with van der Waals surface area (Å²) in [6, 6.07) is 6.94. The minimum Gasteiger partial charge on any atom is -0.354 e. The smallest absolute Gasteiger partial charge is 0.213 e. The number of halogens is 1. The lowest BCUT2D eigenvalue weighted by Crippen LogP contribution is -1.86. The molecule has 0 bridgehead atoms. The van der Waals surface area contributed by atoms with Crippen LogP contribution < -0.4 is 0 Å². The molecule has 4 aromatic rings. The number of hydrogen-bond acceptors (Lipinski definition) is 3. The number of aromatic amines is 1. The summed E-state index contributed by atoms with van der Waals surface area (Å²) < 4.78 is 13.2. The van der Waals surface area contributed by atoms with Crippen LogP contribution in [-0.4, -0.2) is 19.9 Å². The molecular weight excluding hydrogens is 255 g/mol. The van der Waals surface area contributed by atoms with Crippen LogP contribution in [0.3, 0.4) is 0 Å². The van der Waals surface area contributed by atoms with E-state index in [4.69, 9.17) is 0 Å². The maximum absolute atomic E-state index is 13.2. The Morgan fingerprint density at radius 2 is 1.80 bits per heavy atom. The van der Waals surface area contributed by atoms with Gasteiger partial charge in [-0.1, -0.05) is 0 Å². The second kappa shape index (κ2) is 4.09. The topological polar surface area (TPSA) is 54.5 Å². The van der Waals surface area contributed by atoms with Crippen LogP contribution in [0, 0.1) is 5.95 Å². The molecule has 0 spiro atoms. The Bertz CT molecular complexity index is 929. The summed E-state index contributed by atoms with van der Waals surface area (Å²) >= 11 is 0. The van der Waals surface area contributed by atoms with Crippen molar-refractivity contribution in [1.82, 2.24) is 19.9 Å². The molecular formula is C15H9FN4. The largest absolute Gasteiger partial charge is 0.354 e. The Hall–Kier alpha value is -2.82. The third kappa shape index (κ3) is 1.64. The standard InChI is InChI=1S/C15H9FN4/c16-15-5-9(1-4-18-15)13-6-14-11(8-19-13)10-7-17-3-2-12(10)20-14/h1-8,20H. The molecule has 0 amide bonds. The number of rotatable bonds is 1. The van der Waals surface area contributed by atoms with Crippen LogP contribution in [0.1, 0.15) is 0 Å². The van der Waals surface area contributed by atoms with Gasteiger partial charge < -0.3 is 4.98 Å². The Labute approximate surface area is 113 Å². The first-order valence-electron chi connectivity index (χ1n) is 6.15. The van der Waals surface area contributed by atoms with Crippen molar-refractivity contribution in [3.05, 3.63) is 55.0 Å². The molecule has 0 saturated carbocycles. The SMILES string of the molecule is Fc1cc(-c2cc3[nH]c4ccncc4c3cn2)ccn1. The molecule has 0 aliphatic rings. The maximum atomic E-state index is 13.2. The fourth-order valence-corrected chi connectivity index (χ4v) is 2.36. The molecule has 4 heterocycles. The van der Waals surface area contributed by atoms with Gasteiger partial charge in [-0.15, -0.1) is 0 Å². The number of fused-ring (bicyclic) bond motifs is 3. The number of nitrogens with zero attached hydrogens (tertiary/aromatic N) is 3. The number of H-pyrrole nitrogens is 1. The fraction of sp³-hybridized carbons (Fsp3) is 0. The van der Waals surface area contributed by atoms with E-state index in [0.717, 1.165) is 21.8 Å². The summed E-state index contributed by atoms with van der Waals surface area (Å²) in [5, 5.41) is 2.04. The predicted octanol–water partition coefficient (Wildman–Crippen LogP) is 3.31. The van der Waals surface area contributed by atoms with Crippen LogP contribution in [0.15, 0.2) is 49.1 Å². The van der Waals surface area contributed by atoms with Crippen molar-refractivity contribution < 1.29 is 4.39 Å². The van der Waals surface area contributed by atoms with Crippen molar-refractivity contribution in [2.45, 2.75) is 0 Å². The van der Waals surface area contributed by atoms with Gasteiger partial charge in [-0.25, -0.2) is 4.98 Å². The summed E-state index contributed by atoms with van der Waals surface area (Å²) in [6.45, 7) is 0. The normalized spacial score (nSPS) is 11.2. The maximum Gasteiger partial charge on any atom is 0.213 e. The van der Waals surface area contributed by atoms with E-state index in [9.17, 15) is 4.39 Å². The molecule has 4 nitrogen and oxygen atoms in total. The quantitative estimate of drug-likeness (QED) is 0.536. The Balaban J connectivity index is 1.97. The molecule has 0 atom stereocenters. The zero-order chi connectivity index (χ0) is 13.5. The average Bonchev–Trinajstić information content (AvgIpc) is 2.85. The van der Waals surface area contributed by atoms with Crippen molar-refractivity contribution in [3.8, 4) is 11.3 Å². The van der Waals surface area contributed by atoms with Gasteiger partial charge in [0.15, 0.2) is 0 Å². The van der Waals surface area contributed by atoms with E-state index in [1.165, 1.54) is 12.3 Å². The van der Waals surface area contributed by atoms with Gasteiger partial charge in [0.25, 0.3) is 0 Å². The summed E-state index contributed by atoms with van der Waals surface area (Å²) in [5.41, 5.74) is 3.37. The Kier molecular flexibility index (Phi) is 2.26. The van der Waals surface area contributed by atoms with Crippen molar-refractivity contribution >= 4 is 21.8 Å². The first-order valence-corrected chi connectivity index (χ1v) is 6.15. The lowest BCUT2D eigenvalue weighted by Gasteiger charge is -2.00. The van der Waals surface area contributed by atoms with Gasteiger partial charge in [-0.2, -0.15) is 4.39 Å². The van der Waals surface area contributed by atoms with Crippen LogP contribution >= 0.6 is 0 Å². The van der Waals surface area contributed by atoms with E-state index < -0.39 is 5.95 Å². The monoisotopic (exact) mass is 264 g/mol. The van der Waals surface area contributed by atoms with Crippen LogP contribution in [0.5, 0.6) is 0 Å². The molecule has 1 N–H and O–H groups in total. The molecule has 0 aliphatic carbocycles. The van der Waals surface area contributed by atoms with Gasteiger partial charge in [-0.3, -0.25) is 9.97 Å². The van der Waals surface area contributed by atoms with E-state index in [1.807, 2.05) is 18.3 Å². The molecule has 0 aliphatic heterocycles. The minimum absolute atomic E-state index is 0.509. The number of aromatic nitrogens is 4. The van der Waals surface area contributed by atoms with Gasteiger partial charge in [-0.05, 0) is 18.2 Å². The van der Waals surface area contributed by atoms with E-state index in [1.54, 1.807) is 18.5 Å². The number of pyridine rings is 3. The first-order chi connectivity index (χ1) is 9.81. The number of hydrogen-bond donors (Lipinski definition) is 1. The molecule has 4 rings (SSSR count). The highest BCUT2D eigenvalue weighted by Gasteiger charge is 2.07. The van der Waals surface area contributed by atoms with Gasteiger partial charge in [0.1, 0.15) is 0 Å². The van der Waals surface area contributed by atoms with Crippen LogP contribution in [0.4, 0.5) is 4.39 Å². The highest BCUT2D eigenvalue weighted by Crippen LogP contribution is 2.27. The lowest BCUT2D eigenvalue weighted by atomic mass is 10.1. The van der Waals surface area contributed by atoms with Crippen molar-refractivity contribution in [2.75, 3.05) is 0 Å². The van der Waals surface area contributed by atoms with Crippen LogP contribution in [0.25, 0.3) is 33.1 Å². The Morgan fingerprint density at radius 3 is 2.70 bits per heavy atom. The average molecular weight is 264 g/mol. The Morgan fingerprint density at radius 1 is 0.900 bits per heavy atom. The van der Waals surface area contributed by atoms with Gasteiger partial charge in [0.05, 0.1) is 11.2 Å². The summed E-state index contributed by atoms with van der Waals surface area (Å²) in [4.78, 5) is 15.4. The molecule has 0 fully saturated rings. The van der Waals surface area contributed by atoms with Crippen molar-refractivity contribution in [1.29, 1.82) is 0 Å². The minimum atomic E-state index is -0.509. The fourth-order valence-electron chi connectivity index (χ4n) is 2.36. The summed E-state index contributed by atoms with van der Waals surface area (Å²) in [5.74, 6) is -0.509. The van der Waals surface area contributed by atoms with Crippen molar-refractivity contribution in [3.63, 3.8) is 0 Å². The van der Waals surface area contributed by atoms with Gasteiger partial charge in [0.2, 0.25) is 5.95 Å². The number of nitrogens with one attached hydrogen (secondary N) is 1. The molecule has 0 saturated heterocycles. The zero-order valence-electron chi connectivity index (χ0n) is 10.3. The second-order valence-electron chi connectivity index (χ2n) is 4.53. The third-order valence-corrected chi connectivity index (χ3v) is 3.31. The predicted molar refractivity (Wildman–Crippen MR) is 74.6 cm³/mol. The zero-order valence-corrected chi connectivity index (χ0v) is 10.3. The summed E-state index contributed by atoms with van der Waals surface area (Å²) in [6.07, 6.45) is 6.76. The molecule has 5 heteroatoms. The highest BCUT2D eigenvalue weighted by atomic mass is 19.1. The third-order valence-electron chi connectivity index (χ3n) is 3.31. The highest BCUT2D eigenvalue weighted by molar-refractivity contribution is 6.06. The van der Waals surface area contributed by atoms with E-state index >= 15 is 0 Å².